The predicted molar refractivity (Wildman–Crippen MR) is 87.0 cm³/mol. The average Bonchev–Trinajstić information content (AvgIpc) is 2.93. The standard InChI is InChI=1S/C18H25N3/c1-20-10-7-17(14-20)13-19-18-8-11-21(12-9-18)15-16-5-3-2-4-6-16/h2-7,10,14,18-19H,8-9,11-13,15H2,1H3. The molecule has 112 valence electrons. The summed E-state index contributed by atoms with van der Waals surface area (Å²) >= 11 is 0. The highest BCUT2D eigenvalue weighted by Gasteiger charge is 2.18. The monoisotopic (exact) mass is 283 g/mol. The molecule has 0 aliphatic carbocycles. The average molecular weight is 283 g/mol. The van der Waals surface area contributed by atoms with Crippen LogP contribution in [0.3, 0.4) is 0 Å². The third kappa shape index (κ3) is 4.19. The van der Waals surface area contributed by atoms with E-state index in [1.807, 2.05) is 0 Å². The zero-order valence-corrected chi connectivity index (χ0v) is 12.8. The summed E-state index contributed by atoms with van der Waals surface area (Å²) in [5, 5.41) is 3.70. The molecule has 0 bridgehead atoms. The summed E-state index contributed by atoms with van der Waals surface area (Å²) in [5.41, 5.74) is 2.80. The van der Waals surface area contributed by atoms with Crippen LogP contribution >= 0.6 is 0 Å². The molecule has 0 amide bonds. The van der Waals surface area contributed by atoms with Gasteiger partial charge in [-0.05, 0) is 43.1 Å². The molecule has 1 saturated heterocycles. The Morgan fingerprint density at radius 2 is 1.81 bits per heavy atom. The Morgan fingerprint density at radius 3 is 2.48 bits per heavy atom. The Kier molecular flexibility index (Phi) is 4.73. The first-order chi connectivity index (χ1) is 10.3. The van der Waals surface area contributed by atoms with Crippen LogP contribution in [0, 0.1) is 0 Å². The minimum absolute atomic E-state index is 0.664. The van der Waals surface area contributed by atoms with Crippen LogP contribution < -0.4 is 5.32 Å². The molecule has 0 radical (unpaired) electrons. The Morgan fingerprint density at radius 1 is 1.05 bits per heavy atom. The number of hydrogen-bond acceptors (Lipinski definition) is 2. The number of nitrogens with zero attached hydrogens (tertiary/aromatic N) is 2. The number of aryl methyl sites for hydroxylation is 1. The molecule has 0 atom stereocenters. The molecule has 1 aromatic heterocycles. The van der Waals surface area contributed by atoms with Gasteiger partial charge in [0.05, 0.1) is 0 Å². The van der Waals surface area contributed by atoms with Crippen molar-refractivity contribution in [1.82, 2.24) is 14.8 Å². The second-order valence-corrected chi connectivity index (χ2v) is 6.10. The summed E-state index contributed by atoms with van der Waals surface area (Å²) in [4.78, 5) is 2.57. The smallest absolute Gasteiger partial charge is 0.0233 e. The maximum absolute atomic E-state index is 3.70. The van der Waals surface area contributed by atoms with E-state index in [9.17, 15) is 0 Å². The lowest BCUT2D eigenvalue weighted by atomic mass is 10.0. The van der Waals surface area contributed by atoms with E-state index in [2.05, 4.69) is 70.6 Å². The minimum atomic E-state index is 0.664. The van der Waals surface area contributed by atoms with Crippen LogP contribution in [-0.4, -0.2) is 28.6 Å². The lowest BCUT2D eigenvalue weighted by Crippen LogP contribution is -2.41. The highest BCUT2D eigenvalue weighted by molar-refractivity contribution is 5.14. The summed E-state index contributed by atoms with van der Waals surface area (Å²) in [5.74, 6) is 0. The van der Waals surface area contributed by atoms with Gasteiger partial charge in [0, 0.05) is 38.6 Å². The van der Waals surface area contributed by atoms with E-state index in [0.717, 1.165) is 13.1 Å². The van der Waals surface area contributed by atoms with Crippen LogP contribution in [0.5, 0.6) is 0 Å². The summed E-state index contributed by atoms with van der Waals surface area (Å²) in [6, 6.07) is 13.6. The molecular weight excluding hydrogens is 258 g/mol. The maximum atomic E-state index is 3.70. The molecule has 1 N–H and O–H groups in total. The van der Waals surface area contributed by atoms with E-state index in [4.69, 9.17) is 0 Å². The molecule has 3 heteroatoms. The number of hydrogen-bond donors (Lipinski definition) is 1. The van der Waals surface area contributed by atoms with Gasteiger partial charge in [0.2, 0.25) is 0 Å². The molecule has 3 nitrogen and oxygen atoms in total. The van der Waals surface area contributed by atoms with E-state index in [1.54, 1.807) is 0 Å². The van der Waals surface area contributed by atoms with Crippen molar-refractivity contribution in [3.05, 3.63) is 59.9 Å². The Labute approximate surface area is 127 Å². The first kappa shape index (κ1) is 14.4. The van der Waals surface area contributed by atoms with Gasteiger partial charge in [0.1, 0.15) is 0 Å². The topological polar surface area (TPSA) is 20.2 Å². The minimum Gasteiger partial charge on any atom is -0.357 e. The second kappa shape index (κ2) is 6.92. The van der Waals surface area contributed by atoms with Crippen molar-refractivity contribution in [2.45, 2.75) is 32.0 Å². The maximum Gasteiger partial charge on any atom is 0.0233 e. The molecule has 1 aromatic carbocycles. The van der Waals surface area contributed by atoms with Crippen LogP contribution in [0.1, 0.15) is 24.0 Å². The zero-order chi connectivity index (χ0) is 14.5. The number of nitrogens with one attached hydrogen (secondary N) is 1. The molecule has 21 heavy (non-hydrogen) atoms. The van der Waals surface area contributed by atoms with Crippen molar-refractivity contribution in [2.75, 3.05) is 13.1 Å². The van der Waals surface area contributed by atoms with Gasteiger partial charge in [-0.25, -0.2) is 0 Å². The van der Waals surface area contributed by atoms with E-state index >= 15 is 0 Å². The van der Waals surface area contributed by atoms with Crippen molar-refractivity contribution in [1.29, 1.82) is 0 Å². The predicted octanol–water partition coefficient (Wildman–Crippen LogP) is 2.78. The number of likely N-dealkylation sites (tertiary alicyclic amines) is 1. The van der Waals surface area contributed by atoms with Crippen LogP contribution in [-0.2, 0) is 20.1 Å². The fourth-order valence-electron chi connectivity index (χ4n) is 3.06. The van der Waals surface area contributed by atoms with E-state index in [0.29, 0.717) is 6.04 Å². The van der Waals surface area contributed by atoms with Crippen LogP contribution in [0.15, 0.2) is 48.8 Å². The van der Waals surface area contributed by atoms with Crippen LogP contribution in [0.2, 0.25) is 0 Å². The quantitative estimate of drug-likeness (QED) is 0.910. The van der Waals surface area contributed by atoms with Crippen molar-refractivity contribution in [3.8, 4) is 0 Å². The summed E-state index contributed by atoms with van der Waals surface area (Å²) in [6.45, 7) is 4.47. The third-order valence-electron chi connectivity index (χ3n) is 4.32. The third-order valence-corrected chi connectivity index (χ3v) is 4.32. The van der Waals surface area contributed by atoms with Crippen molar-refractivity contribution in [3.63, 3.8) is 0 Å². The van der Waals surface area contributed by atoms with E-state index in [-0.39, 0.29) is 0 Å². The lowest BCUT2D eigenvalue weighted by Gasteiger charge is -2.32. The molecule has 2 heterocycles. The largest absolute Gasteiger partial charge is 0.357 e. The molecule has 3 rings (SSSR count). The van der Waals surface area contributed by atoms with Gasteiger partial charge in [0.25, 0.3) is 0 Å². The molecule has 0 spiro atoms. The summed E-state index contributed by atoms with van der Waals surface area (Å²) in [6.07, 6.45) is 6.80. The molecule has 1 fully saturated rings. The SMILES string of the molecule is Cn1ccc(CNC2CCN(Cc3ccccc3)CC2)c1. The van der Waals surface area contributed by atoms with Crippen molar-refractivity contribution >= 4 is 0 Å². The Hall–Kier alpha value is -1.58. The van der Waals surface area contributed by atoms with Crippen LogP contribution in [0.4, 0.5) is 0 Å². The zero-order valence-electron chi connectivity index (χ0n) is 12.8. The summed E-state index contributed by atoms with van der Waals surface area (Å²) < 4.78 is 2.11. The molecule has 1 aliphatic heterocycles. The van der Waals surface area contributed by atoms with Crippen LogP contribution in [0.25, 0.3) is 0 Å². The number of rotatable bonds is 5. The van der Waals surface area contributed by atoms with Crippen molar-refractivity contribution in [2.24, 2.45) is 7.05 Å². The highest BCUT2D eigenvalue weighted by atomic mass is 15.1. The van der Waals surface area contributed by atoms with Gasteiger partial charge < -0.3 is 9.88 Å². The Bertz CT molecular complexity index is 539. The van der Waals surface area contributed by atoms with Gasteiger partial charge in [0.15, 0.2) is 0 Å². The fraction of sp³-hybridized carbons (Fsp3) is 0.444. The fourth-order valence-corrected chi connectivity index (χ4v) is 3.06. The summed E-state index contributed by atoms with van der Waals surface area (Å²) in [7, 11) is 2.07. The molecule has 1 aliphatic rings. The highest BCUT2D eigenvalue weighted by Crippen LogP contribution is 2.14. The van der Waals surface area contributed by atoms with E-state index < -0.39 is 0 Å². The second-order valence-electron chi connectivity index (χ2n) is 6.10. The van der Waals surface area contributed by atoms with Gasteiger partial charge in [-0.1, -0.05) is 30.3 Å². The number of benzene rings is 1. The lowest BCUT2D eigenvalue weighted by molar-refractivity contribution is 0.190. The normalized spacial score (nSPS) is 17.2. The molecular formula is C18H25N3. The van der Waals surface area contributed by atoms with Gasteiger partial charge in [-0.2, -0.15) is 0 Å². The van der Waals surface area contributed by atoms with Crippen molar-refractivity contribution < 1.29 is 0 Å². The van der Waals surface area contributed by atoms with Gasteiger partial charge in [-0.3, -0.25) is 4.90 Å². The Balaban J connectivity index is 1.40. The molecule has 0 unspecified atom stereocenters. The first-order valence-corrected chi connectivity index (χ1v) is 7.90. The first-order valence-electron chi connectivity index (χ1n) is 7.90. The molecule has 2 aromatic rings. The van der Waals surface area contributed by atoms with E-state index in [1.165, 1.54) is 37.1 Å². The number of piperidine rings is 1. The van der Waals surface area contributed by atoms with Gasteiger partial charge >= 0.3 is 0 Å². The number of aromatic nitrogens is 1. The molecule has 0 saturated carbocycles. The van der Waals surface area contributed by atoms with Gasteiger partial charge in [-0.15, -0.1) is 0 Å².